The summed E-state index contributed by atoms with van der Waals surface area (Å²) in [5, 5.41) is 18.3. The number of anilines is 3. The highest BCUT2D eigenvalue weighted by molar-refractivity contribution is 6.03. The van der Waals surface area contributed by atoms with Gasteiger partial charge in [-0.15, -0.1) is 0 Å². The molecule has 0 spiro atoms. The smallest absolute Gasteiger partial charge is 0.410 e. The number of rotatable bonds is 3. The Morgan fingerprint density at radius 1 is 1.19 bits per heavy atom. The molecule has 0 radical (unpaired) electrons. The van der Waals surface area contributed by atoms with E-state index in [-0.39, 0.29) is 12.6 Å². The van der Waals surface area contributed by atoms with Crippen LogP contribution in [0.5, 0.6) is 0 Å². The van der Waals surface area contributed by atoms with Gasteiger partial charge in [0.05, 0.1) is 18.2 Å². The zero-order valence-electron chi connectivity index (χ0n) is 21.6. The summed E-state index contributed by atoms with van der Waals surface area (Å²) >= 11 is 0. The molecular weight excluding hydrogens is 474 g/mol. The lowest BCUT2D eigenvalue weighted by molar-refractivity contribution is 0.00703. The number of aryl methyl sites for hydroxylation is 1. The zero-order valence-corrected chi connectivity index (χ0v) is 21.6. The number of hydrogen-bond donors (Lipinski definition) is 2. The quantitative estimate of drug-likeness (QED) is 0.560. The molecule has 1 aromatic carbocycles. The number of hydrogen-bond acceptors (Lipinski definition) is 7. The summed E-state index contributed by atoms with van der Waals surface area (Å²) in [6, 6.07) is 6.93. The molecule has 0 unspecified atom stereocenters. The van der Waals surface area contributed by atoms with Crippen LogP contribution in [-0.2, 0) is 18.2 Å². The number of aliphatic hydroxyl groups excluding tert-OH is 1. The van der Waals surface area contributed by atoms with Gasteiger partial charge in [0.2, 0.25) is 0 Å². The minimum Gasteiger partial charge on any atom is -0.444 e. The Morgan fingerprint density at radius 2 is 2.00 bits per heavy atom. The van der Waals surface area contributed by atoms with Gasteiger partial charge in [0.25, 0.3) is 0 Å². The summed E-state index contributed by atoms with van der Waals surface area (Å²) in [6.07, 6.45) is 3.87. The molecule has 1 fully saturated rings. The van der Waals surface area contributed by atoms with Crippen molar-refractivity contribution in [3.05, 3.63) is 42.2 Å². The van der Waals surface area contributed by atoms with Crippen molar-refractivity contribution in [3.8, 4) is 0 Å². The maximum atomic E-state index is 13.2. The van der Waals surface area contributed by atoms with Crippen molar-refractivity contribution in [2.24, 2.45) is 7.05 Å². The van der Waals surface area contributed by atoms with Crippen molar-refractivity contribution in [3.63, 3.8) is 0 Å². The summed E-state index contributed by atoms with van der Waals surface area (Å²) in [5.74, 6) is 0.632. The van der Waals surface area contributed by atoms with Gasteiger partial charge in [-0.3, -0.25) is 14.5 Å². The molecule has 0 saturated carbocycles. The van der Waals surface area contributed by atoms with Gasteiger partial charge < -0.3 is 20.1 Å². The fourth-order valence-electron chi connectivity index (χ4n) is 4.98. The minimum atomic E-state index is -0.603. The largest absolute Gasteiger partial charge is 0.444 e. The van der Waals surface area contributed by atoms with Crippen LogP contribution in [0.3, 0.4) is 0 Å². The highest BCUT2D eigenvalue weighted by Crippen LogP contribution is 2.35. The van der Waals surface area contributed by atoms with E-state index in [9.17, 15) is 14.7 Å². The van der Waals surface area contributed by atoms with Gasteiger partial charge in [-0.2, -0.15) is 5.10 Å². The number of ether oxygens (including phenoxy) is 1. The molecular formula is C26H33N7O4. The van der Waals surface area contributed by atoms with E-state index in [1.165, 1.54) is 0 Å². The maximum Gasteiger partial charge on any atom is 0.410 e. The Hall–Kier alpha value is -3.86. The Morgan fingerprint density at radius 3 is 2.76 bits per heavy atom. The molecule has 2 aliphatic rings. The first-order valence-corrected chi connectivity index (χ1v) is 12.5. The molecule has 0 bridgehead atoms. The molecule has 11 heteroatoms. The number of nitrogens with one attached hydrogen (secondary N) is 1. The van der Waals surface area contributed by atoms with Crippen molar-refractivity contribution >= 4 is 40.2 Å². The SMILES string of the molecule is Cn1cc2cc(NC(=O)N3CCc4c(N5CCN(C(=O)OC(C)(C)C)[C@@H](CO)C5)ccnc43)ccc2n1. The third kappa shape index (κ3) is 5.04. The molecule has 3 amide bonds. The van der Waals surface area contributed by atoms with Gasteiger partial charge in [-0.25, -0.2) is 14.6 Å². The standard InChI is InChI=1S/C26H33N7O4/c1-26(2,3)37-25(36)32-12-11-31(15-19(32)16-34)22-7-9-27-23-20(22)8-10-33(23)24(35)28-18-5-6-21-17(13-18)14-30(4)29-21/h5-7,9,13-14,19,34H,8,10-12,15-16H2,1-4H3,(H,28,35)/t19-/m1/s1. The number of benzene rings is 1. The molecule has 37 heavy (non-hydrogen) atoms. The Labute approximate surface area is 215 Å². The van der Waals surface area contributed by atoms with E-state index in [2.05, 4.69) is 20.3 Å². The number of aromatic nitrogens is 3. The van der Waals surface area contributed by atoms with E-state index < -0.39 is 17.7 Å². The number of pyridine rings is 1. The number of urea groups is 1. The molecule has 4 heterocycles. The van der Waals surface area contributed by atoms with E-state index >= 15 is 0 Å². The van der Waals surface area contributed by atoms with E-state index in [0.717, 1.165) is 22.2 Å². The lowest BCUT2D eigenvalue weighted by Crippen LogP contribution is -2.57. The summed E-state index contributed by atoms with van der Waals surface area (Å²) in [4.78, 5) is 35.8. The molecule has 1 saturated heterocycles. The summed E-state index contributed by atoms with van der Waals surface area (Å²) < 4.78 is 7.27. The second-order valence-electron chi connectivity index (χ2n) is 10.5. The van der Waals surface area contributed by atoms with Crippen LogP contribution in [0.25, 0.3) is 10.9 Å². The number of amides is 3. The summed E-state index contributed by atoms with van der Waals surface area (Å²) in [5.41, 5.74) is 2.92. The number of piperazine rings is 1. The van der Waals surface area contributed by atoms with Crippen molar-refractivity contribution in [1.82, 2.24) is 19.7 Å². The van der Waals surface area contributed by atoms with Crippen LogP contribution >= 0.6 is 0 Å². The fourth-order valence-corrected chi connectivity index (χ4v) is 4.98. The number of aliphatic hydroxyl groups is 1. The lowest BCUT2D eigenvalue weighted by Gasteiger charge is -2.42. The van der Waals surface area contributed by atoms with Crippen LogP contribution in [0.15, 0.2) is 36.7 Å². The average molecular weight is 508 g/mol. The van der Waals surface area contributed by atoms with Crippen LogP contribution in [0.2, 0.25) is 0 Å². The third-order valence-corrected chi connectivity index (χ3v) is 6.63. The van der Waals surface area contributed by atoms with E-state index in [4.69, 9.17) is 4.74 Å². The van der Waals surface area contributed by atoms with Crippen molar-refractivity contribution < 1.29 is 19.4 Å². The first-order valence-electron chi connectivity index (χ1n) is 12.5. The molecule has 5 rings (SSSR count). The maximum absolute atomic E-state index is 13.2. The van der Waals surface area contributed by atoms with Crippen molar-refractivity contribution in [2.75, 3.05) is 47.9 Å². The predicted molar refractivity (Wildman–Crippen MR) is 141 cm³/mol. The number of nitrogens with zero attached hydrogens (tertiary/aromatic N) is 6. The number of carbonyl (C=O) groups excluding carboxylic acids is 2. The number of carbonyl (C=O) groups is 2. The Balaban J connectivity index is 1.31. The second-order valence-corrected chi connectivity index (χ2v) is 10.5. The van der Waals surface area contributed by atoms with E-state index in [1.807, 2.05) is 58.3 Å². The van der Waals surface area contributed by atoms with E-state index in [1.54, 1.807) is 20.7 Å². The third-order valence-electron chi connectivity index (χ3n) is 6.63. The molecule has 196 valence electrons. The summed E-state index contributed by atoms with van der Waals surface area (Å²) in [7, 11) is 1.86. The minimum absolute atomic E-state index is 0.168. The van der Waals surface area contributed by atoms with Crippen LogP contribution in [0, 0.1) is 0 Å². The molecule has 11 nitrogen and oxygen atoms in total. The fraction of sp³-hybridized carbons (Fsp3) is 0.462. The molecule has 1 atom stereocenters. The summed E-state index contributed by atoms with van der Waals surface area (Å²) in [6.45, 7) is 7.31. The normalized spacial score (nSPS) is 17.8. The molecule has 3 aromatic rings. The van der Waals surface area contributed by atoms with Gasteiger partial charge >= 0.3 is 12.1 Å². The molecule has 2 aliphatic heterocycles. The first kappa shape index (κ1) is 24.8. The molecule has 2 N–H and O–H groups in total. The lowest BCUT2D eigenvalue weighted by atomic mass is 10.1. The van der Waals surface area contributed by atoms with Crippen molar-refractivity contribution in [1.29, 1.82) is 0 Å². The highest BCUT2D eigenvalue weighted by atomic mass is 16.6. The topological polar surface area (TPSA) is 116 Å². The first-order chi connectivity index (χ1) is 17.6. The molecule has 2 aromatic heterocycles. The zero-order chi connectivity index (χ0) is 26.3. The van der Waals surface area contributed by atoms with Gasteiger partial charge in [0.1, 0.15) is 11.4 Å². The van der Waals surface area contributed by atoms with Crippen molar-refractivity contribution in [2.45, 2.75) is 38.8 Å². The van der Waals surface area contributed by atoms with Gasteiger partial charge in [0.15, 0.2) is 0 Å². The van der Waals surface area contributed by atoms with Crippen LogP contribution < -0.4 is 15.1 Å². The van der Waals surface area contributed by atoms with Crippen LogP contribution in [0.4, 0.5) is 26.8 Å². The monoisotopic (exact) mass is 507 g/mol. The Bertz CT molecular complexity index is 1330. The van der Waals surface area contributed by atoms with Gasteiger partial charge in [-0.1, -0.05) is 0 Å². The van der Waals surface area contributed by atoms with Gasteiger partial charge in [-0.05, 0) is 51.5 Å². The van der Waals surface area contributed by atoms with E-state index in [0.29, 0.717) is 44.1 Å². The average Bonchev–Trinajstić information content (AvgIpc) is 3.44. The second kappa shape index (κ2) is 9.55. The van der Waals surface area contributed by atoms with Gasteiger partial charge in [0, 0.05) is 67.9 Å². The molecule has 0 aliphatic carbocycles. The Kier molecular flexibility index (Phi) is 6.40. The predicted octanol–water partition coefficient (Wildman–Crippen LogP) is 2.98. The highest BCUT2D eigenvalue weighted by Gasteiger charge is 2.35. The number of fused-ring (bicyclic) bond motifs is 2. The van der Waals surface area contributed by atoms with Crippen LogP contribution in [-0.4, -0.2) is 81.3 Å². The van der Waals surface area contributed by atoms with Crippen LogP contribution in [0.1, 0.15) is 26.3 Å².